The van der Waals surface area contributed by atoms with Crippen LogP contribution in [0.4, 0.5) is 0 Å². The van der Waals surface area contributed by atoms with Crippen molar-refractivity contribution in [2.45, 2.75) is 32.9 Å². The first-order valence-electron chi connectivity index (χ1n) is 10.5. The first-order chi connectivity index (χ1) is 14.4. The van der Waals surface area contributed by atoms with Crippen molar-refractivity contribution in [3.05, 3.63) is 51.5 Å². The number of carbonyl (C=O) groups excluding carboxylic acids is 1. The van der Waals surface area contributed by atoms with Gasteiger partial charge in [-0.05, 0) is 64.6 Å². The van der Waals surface area contributed by atoms with E-state index in [4.69, 9.17) is 5.26 Å². The largest absolute Gasteiger partial charge is 0.337 e. The Morgan fingerprint density at radius 1 is 1.23 bits per heavy atom. The summed E-state index contributed by atoms with van der Waals surface area (Å²) in [5, 5.41) is 12.2. The zero-order valence-corrected chi connectivity index (χ0v) is 19.0. The smallest absolute Gasteiger partial charge is 0.226 e. The third kappa shape index (κ3) is 6.36. The van der Waals surface area contributed by atoms with Gasteiger partial charge >= 0.3 is 0 Å². The van der Waals surface area contributed by atoms with Crippen molar-refractivity contribution in [2.75, 3.05) is 40.3 Å². The number of aromatic nitrogens is 1. The van der Waals surface area contributed by atoms with Gasteiger partial charge in [-0.2, -0.15) is 5.26 Å². The molecule has 1 aliphatic heterocycles. The van der Waals surface area contributed by atoms with Gasteiger partial charge in [0.25, 0.3) is 0 Å². The normalized spacial score (nSPS) is 15.3. The minimum atomic E-state index is 0.0824. The Bertz CT molecular complexity index is 862. The summed E-state index contributed by atoms with van der Waals surface area (Å²) in [5.41, 5.74) is 2.85. The summed E-state index contributed by atoms with van der Waals surface area (Å²) in [7, 11) is 4.06. The molecule has 160 valence electrons. The van der Waals surface area contributed by atoms with Gasteiger partial charge in [0.15, 0.2) is 0 Å². The van der Waals surface area contributed by atoms with Gasteiger partial charge < -0.3 is 9.80 Å². The number of nitrogens with zero attached hydrogens (tertiary/aromatic N) is 5. The van der Waals surface area contributed by atoms with Crippen LogP contribution in [-0.2, 0) is 17.9 Å². The van der Waals surface area contributed by atoms with E-state index in [1.165, 1.54) is 0 Å². The molecule has 0 bridgehead atoms. The van der Waals surface area contributed by atoms with Gasteiger partial charge in [-0.1, -0.05) is 12.1 Å². The molecule has 2 heterocycles. The zero-order valence-electron chi connectivity index (χ0n) is 18.2. The van der Waals surface area contributed by atoms with Crippen molar-refractivity contribution in [3.8, 4) is 6.07 Å². The molecule has 7 heteroatoms. The Morgan fingerprint density at radius 3 is 2.50 bits per heavy atom. The van der Waals surface area contributed by atoms with E-state index in [9.17, 15) is 4.79 Å². The summed E-state index contributed by atoms with van der Waals surface area (Å²) in [5.74, 6) is 0.337. The highest BCUT2D eigenvalue weighted by atomic mass is 32.1. The molecule has 0 atom stereocenters. The van der Waals surface area contributed by atoms with Crippen molar-refractivity contribution in [1.82, 2.24) is 19.7 Å². The van der Waals surface area contributed by atoms with Crippen LogP contribution in [-0.4, -0.2) is 65.9 Å². The molecule has 0 saturated carbocycles. The number of hydrogen-bond donors (Lipinski definition) is 0. The van der Waals surface area contributed by atoms with Crippen LogP contribution in [0.2, 0.25) is 0 Å². The molecule has 1 aliphatic rings. The molecular formula is C23H31N5OS. The lowest BCUT2D eigenvalue weighted by Gasteiger charge is -2.34. The van der Waals surface area contributed by atoms with Gasteiger partial charge in [0.05, 0.1) is 22.3 Å². The number of likely N-dealkylation sites (N-methyl/N-ethyl adjacent to an activating group) is 1. The third-order valence-corrected chi connectivity index (χ3v) is 6.40. The van der Waals surface area contributed by atoms with Crippen LogP contribution in [0.5, 0.6) is 0 Å². The zero-order chi connectivity index (χ0) is 21.5. The summed E-state index contributed by atoms with van der Waals surface area (Å²) < 4.78 is 0. The number of likely N-dealkylation sites (tertiary alicyclic amines) is 1. The molecule has 1 aromatic heterocycles. The van der Waals surface area contributed by atoms with Gasteiger partial charge in [0, 0.05) is 37.5 Å². The highest BCUT2D eigenvalue weighted by molar-refractivity contribution is 7.09. The van der Waals surface area contributed by atoms with Crippen LogP contribution in [0.15, 0.2) is 29.6 Å². The van der Waals surface area contributed by atoms with Gasteiger partial charge in [-0.15, -0.1) is 11.3 Å². The Balaban J connectivity index is 1.58. The lowest BCUT2D eigenvalue weighted by atomic mass is 9.94. The summed E-state index contributed by atoms with van der Waals surface area (Å²) in [6.07, 6.45) is 1.79. The van der Waals surface area contributed by atoms with E-state index < -0.39 is 0 Å². The summed E-state index contributed by atoms with van der Waals surface area (Å²) in [4.78, 5) is 24.4. The molecule has 1 amide bonds. The highest BCUT2D eigenvalue weighted by Crippen LogP contribution is 2.23. The Labute approximate surface area is 183 Å². The van der Waals surface area contributed by atoms with E-state index in [1.54, 1.807) is 11.3 Å². The van der Waals surface area contributed by atoms with Gasteiger partial charge in [0.1, 0.15) is 0 Å². The van der Waals surface area contributed by atoms with Crippen LogP contribution < -0.4 is 0 Å². The SMILES string of the molecule is Cc1nc(CN2CCC(C(=O)N(CCN(C)C)Cc3ccc(C#N)cc3)CC2)cs1. The number of nitriles is 1. The van der Waals surface area contributed by atoms with Crippen LogP contribution in [0.3, 0.4) is 0 Å². The summed E-state index contributed by atoms with van der Waals surface area (Å²) >= 11 is 1.69. The van der Waals surface area contributed by atoms with Crippen LogP contribution in [0.1, 0.15) is 34.7 Å². The molecule has 30 heavy (non-hydrogen) atoms. The molecule has 3 rings (SSSR count). The Morgan fingerprint density at radius 2 is 1.93 bits per heavy atom. The molecule has 0 aliphatic carbocycles. The van der Waals surface area contributed by atoms with E-state index in [-0.39, 0.29) is 11.8 Å². The fourth-order valence-electron chi connectivity index (χ4n) is 3.80. The van der Waals surface area contributed by atoms with E-state index in [1.807, 2.05) is 50.2 Å². The number of hydrogen-bond acceptors (Lipinski definition) is 6. The molecule has 0 spiro atoms. The maximum atomic E-state index is 13.3. The second kappa shape index (κ2) is 10.7. The van der Waals surface area contributed by atoms with E-state index in [2.05, 4.69) is 26.2 Å². The average molecular weight is 426 g/mol. The molecule has 1 saturated heterocycles. The van der Waals surface area contributed by atoms with E-state index in [0.29, 0.717) is 18.7 Å². The number of aryl methyl sites for hydroxylation is 1. The van der Waals surface area contributed by atoms with Crippen molar-refractivity contribution in [3.63, 3.8) is 0 Å². The molecule has 1 aromatic carbocycles. The van der Waals surface area contributed by atoms with E-state index >= 15 is 0 Å². The molecular weight excluding hydrogens is 394 g/mol. The minimum Gasteiger partial charge on any atom is -0.337 e. The summed E-state index contributed by atoms with van der Waals surface area (Å²) in [6.45, 7) is 6.93. The molecule has 2 aromatic rings. The predicted octanol–water partition coefficient (Wildman–Crippen LogP) is 3.13. The van der Waals surface area contributed by atoms with Crippen molar-refractivity contribution in [2.24, 2.45) is 5.92 Å². The van der Waals surface area contributed by atoms with Gasteiger partial charge in [-0.25, -0.2) is 4.98 Å². The molecule has 0 N–H and O–H groups in total. The number of rotatable bonds is 8. The quantitative estimate of drug-likeness (QED) is 0.650. The fraction of sp³-hybridized carbons (Fsp3) is 0.522. The topological polar surface area (TPSA) is 63.5 Å². The van der Waals surface area contributed by atoms with Crippen molar-refractivity contribution < 1.29 is 4.79 Å². The minimum absolute atomic E-state index is 0.0824. The number of piperidine rings is 1. The lowest BCUT2D eigenvalue weighted by Crippen LogP contribution is -2.44. The second-order valence-electron chi connectivity index (χ2n) is 8.28. The number of amides is 1. The van der Waals surface area contributed by atoms with Crippen molar-refractivity contribution >= 4 is 17.2 Å². The monoisotopic (exact) mass is 425 g/mol. The standard InChI is InChI=1S/C23H31N5OS/c1-18-25-22(17-30-18)16-27-10-8-21(9-11-27)23(29)28(13-12-26(2)3)15-20-6-4-19(14-24)5-7-20/h4-7,17,21H,8-13,15-16H2,1-3H3. The number of thiazole rings is 1. The van der Waals surface area contributed by atoms with Crippen LogP contribution in [0.25, 0.3) is 0 Å². The molecule has 0 radical (unpaired) electrons. The second-order valence-corrected chi connectivity index (χ2v) is 9.34. The highest BCUT2D eigenvalue weighted by Gasteiger charge is 2.29. The molecule has 1 fully saturated rings. The maximum Gasteiger partial charge on any atom is 0.226 e. The van der Waals surface area contributed by atoms with Crippen molar-refractivity contribution in [1.29, 1.82) is 5.26 Å². The summed E-state index contributed by atoms with van der Waals surface area (Å²) in [6, 6.07) is 9.70. The van der Waals surface area contributed by atoms with Crippen LogP contribution >= 0.6 is 11.3 Å². The first-order valence-corrected chi connectivity index (χ1v) is 11.4. The van der Waals surface area contributed by atoms with Gasteiger partial charge in [-0.3, -0.25) is 9.69 Å². The predicted molar refractivity (Wildman–Crippen MR) is 120 cm³/mol. The fourth-order valence-corrected chi connectivity index (χ4v) is 4.40. The van der Waals surface area contributed by atoms with Crippen LogP contribution in [0, 0.1) is 24.2 Å². The lowest BCUT2D eigenvalue weighted by molar-refractivity contribution is -0.138. The molecule has 6 nitrogen and oxygen atoms in total. The average Bonchev–Trinajstić information content (AvgIpc) is 3.16. The Kier molecular flexibility index (Phi) is 7.97. The molecule has 0 unspecified atom stereocenters. The first kappa shape index (κ1) is 22.4. The van der Waals surface area contributed by atoms with E-state index in [0.717, 1.165) is 55.3 Å². The van der Waals surface area contributed by atoms with Gasteiger partial charge in [0.2, 0.25) is 5.91 Å². The number of benzene rings is 1. The third-order valence-electron chi connectivity index (χ3n) is 5.57. The maximum absolute atomic E-state index is 13.3. The number of carbonyl (C=O) groups is 1. The Hall–Kier alpha value is -2.27.